The molecule has 0 amide bonds. The van der Waals surface area contributed by atoms with E-state index in [9.17, 15) is 4.79 Å². The predicted octanol–water partition coefficient (Wildman–Crippen LogP) is 4.23. The summed E-state index contributed by atoms with van der Waals surface area (Å²) in [6.07, 6.45) is 0.868. The molecule has 96 valence electrons. The van der Waals surface area contributed by atoms with Gasteiger partial charge in [0.1, 0.15) is 5.75 Å². The minimum atomic E-state index is 0.142. The van der Waals surface area contributed by atoms with Crippen LogP contribution >= 0.6 is 0 Å². The first-order chi connectivity index (χ1) is 9.19. The van der Waals surface area contributed by atoms with Crippen molar-refractivity contribution in [2.75, 3.05) is 7.11 Å². The lowest BCUT2D eigenvalue weighted by Crippen LogP contribution is -2.11. The smallest absolute Gasteiger partial charge is 0.189 e. The molecule has 0 N–H and O–H groups in total. The van der Waals surface area contributed by atoms with Crippen molar-refractivity contribution in [3.63, 3.8) is 0 Å². The van der Waals surface area contributed by atoms with E-state index in [1.165, 1.54) is 5.56 Å². The molecule has 2 aromatic rings. The van der Waals surface area contributed by atoms with Crippen LogP contribution in [-0.4, -0.2) is 12.9 Å². The van der Waals surface area contributed by atoms with E-state index >= 15 is 0 Å². The Bertz CT molecular complexity index is 723. The Labute approximate surface area is 112 Å². The second-order valence-corrected chi connectivity index (χ2v) is 4.83. The minimum absolute atomic E-state index is 0.142. The van der Waals surface area contributed by atoms with Gasteiger partial charge in [-0.3, -0.25) is 4.79 Å². The third kappa shape index (κ3) is 1.53. The quantitative estimate of drug-likeness (QED) is 0.799. The van der Waals surface area contributed by atoms with Crippen molar-refractivity contribution in [3.8, 4) is 5.75 Å². The zero-order valence-corrected chi connectivity index (χ0v) is 11.4. The molecule has 2 heteroatoms. The monoisotopic (exact) mass is 252 g/mol. The molecule has 0 unspecified atom stereocenters. The summed E-state index contributed by atoms with van der Waals surface area (Å²) in [7, 11) is 1.66. The van der Waals surface area contributed by atoms with Crippen molar-refractivity contribution in [2.24, 2.45) is 0 Å². The fourth-order valence-corrected chi connectivity index (χ4v) is 3.00. The van der Waals surface area contributed by atoms with Gasteiger partial charge in [-0.25, -0.2) is 0 Å². The van der Waals surface area contributed by atoms with Gasteiger partial charge in [-0.05, 0) is 36.6 Å². The van der Waals surface area contributed by atoms with Crippen LogP contribution in [0.15, 0.2) is 35.9 Å². The van der Waals surface area contributed by atoms with Gasteiger partial charge in [0.15, 0.2) is 5.78 Å². The van der Waals surface area contributed by atoms with Crippen molar-refractivity contribution >= 4 is 22.1 Å². The zero-order valence-electron chi connectivity index (χ0n) is 11.4. The lowest BCUT2D eigenvalue weighted by Gasteiger charge is -2.21. The topological polar surface area (TPSA) is 26.3 Å². The first kappa shape index (κ1) is 12.0. The molecular weight excluding hydrogens is 236 g/mol. The van der Waals surface area contributed by atoms with E-state index in [1.807, 2.05) is 31.2 Å². The summed E-state index contributed by atoms with van der Waals surface area (Å²) >= 11 is 0. The number of ketones is 1. The Morgan fingerprint density at radius 2 is 1.89 bits per heavy atom. The second-order valence-electron chi connectivity index (χ2n) is 4.83. The van der Waals surface area contributed by atoms with Gasteiger partial charge >= 0.3 is 0 Å². The number of hydrogen-bond acceptors (Lipinski definition) is 2. The highest BCUT2D eigenvalue weighted by molar-refractivity contribution is 6.25. The number of carbonyl (C=O) groups is 1. The van der Waals surface area contributed by atoms with Crippen LogP contribution in [0, 0.1) is 0 Å². The summed E-state index contributed by atoms with van der Waals surface area (Å²) in [6, 6.07) is 9.90. The van der Waals surface area contributed by atoms with Crippen LogP contribution in [0.3, 0.4) is 0 Å². The number of benzene rings is 2. The summed E-state index contributed by atoms with van der Waals surface area (Å²) < 4.78 is 5.41. The Balaban J connectivity index is 2.49. The van der Waals surface area contributed by atoms with Crippen LogP contribution in [-0.2, 0) is 0 Å². The van der Waals surface area contributed by atoms with Crippen LogP contribution in [0.4, 0.5) is 0 Å². The van der Waals surface area contributed by atoms with Crippen LogP contribution in [0.25, 0.3) is 16.3 Å². The van der Waals surface area contributed by atoms with E-state index < -0.39 is 0 Å². The van der Waals surface area contributed by atoms with E-state index in [2.05, 4.69) is 13.0 Å². The SMILES string of the molecule is CCC1=C(C)C(=O)c2ccc(OC)c3cccc1c23. The van der Waals surface area contributed by atoms with Crippen molar-refractivity contribution < 1.29 is 9.53 Å². The van der Waals surface area contributed by atoms with Gasteiger partial charge in [-0.1, -0.05) is 25.1 Å². The second kappa shape index (κ2) is 4.23. The van der Waals surface area contributed by atoms with Crippen LogP contribution in [0.2, 0.25) is 0 Å². The van der Waals surface area contributed by atoms with Gasteiger partial charge in [-0.2, -0.15) is 0 Å². The molecule has 2 aromatic carbocycles. The summed E-state index contributed by atoms with van der Waals surface area (Å²) in [6.45, 7) is 4.02. The Morgan fingerprint density at radius 1 is 1.11 bits per heavy atom. The van der Waals surface area contributed by atoms with Crippen LogP contribution in [0.1, 0.15) is 36.2 Å². The fourth-order valence-electron chi connectivity index (χ4n) is 3.00. The van der Waals surface area contributed by atoms with E-state index in [0.717, 1.165) is 39.7 Å². The molecular formula is C17H16O2. The van der Waals surface area contributed by atoms with Crippen molar-refractivity contribution in [1.82, 2.24) is 0 Å². The zero-order chi connectivity index (χ0) is 13.6. The molecule has 2 nitrogen and oxygen atoms in total. The average Bonchev–Trinajstić information content (AvgIpc) is 2.45. The molecule has 19 heavy (non-hydrogen) atoms. The molecule has 0 bridgehead atoms. The van der Waals surface area contributed by atoms with Gasteiger partial charge in [-0.15, -0.1) is 0 Å². The van der Waals surface area contributed by atoms with Crippen molar-refractivity contribution in [3.05, 3.63) is 47.0 Å². The Morgan fingerprint density at radius 3 is 2.58 bits per heavy atom. The fraction of sp³-hybridized carbons (Fsp3) is 0.235. The maximum atomic E-state index is 12.5. The summed E-state index contributed by atoms with van der Waals surface area (Å²) in [5.41, 5.74) is 3.98. The summed E-state index contributed by atoms with van der Waals surface area (Å²) in [5.74, 6) is 0.964. The van der Waals surface area contributed by atoms with E-state index in [-0.39, 0.29) is 5.78 Å². The van der Waals surface area contributed by atoms with Gasteiger partial charge in [0.2, 0.25) is 0 Å². The number of rotatable bonds is 2. The lowest BCUT2D eigenvalue weighted by molar-refractivity contribution is 0.103. The first-order valence-electron chi connectivity index (χ1n) is 6.53. The maximum Gasteiger partial charge on any atom is 0.189 e. The number of allylic oxidation sites excluding steroid dienone is 2. The minimum Gasteiger partial charge on any atom is -0.496 e. The number of methoxy groups -OCH3 is 1. The largest absolute Gasteiger partial charge is 0.496 e. The predicted molar refractivity (Wildman–Crippen MR) is 77.7 cm³/mol. The number of ether oxygens (including phenoxy) is 1. The van der Waals surface area contributed by atoms with Gasteiger partial charge in [0.25, 0.3) is 0 Å². The molecule has 0 aromatic heterocycles. The third-order valence-electron chi connectivity index (χ3n) is 3.94. The van der Waals surface area contributed by atoms with Gasteiger partial charge in [0, 0.05) is 21.9 Å². The molecule has 0 spiro atoms. The lowest BCUT2D eigenvalue weighted by atomic mass is 9.82. The van der Waals surface area contributed by atoms with Crippen LogP contribution < -0.4 is 4.74 Å². The molecule has 0 heterocycles. The molecule has 0 radical (unpaired) electrons. The molecule has 0 saturated heterocycles. The van der Waals surface area contributed by atoms with Gasteiger partial charge in [0.05, 0.1) is 7.11 Å². The highest BCUT2D eigenvalue weighted by atomic mass is 16.5. The molecule has 1 aliphatic carbocycles. The highest BCUT2D eigenvalue weighted by Gasteiger charge is 2.25. The molecule has 0 aliphatic heterocycles. The van der Waals surface area contributed by atoms with Gasteiger partial charge < -0.3 is 4.74 Å². The van der Waals surface area contributed by atoms with Crippen LogP contribution in [0.5, 0.6) is 5.75 Å². The Hall–Kier alpha value is -2.09. The van der Waals surface area contributed by atoms with E-state index in [1.54, 1.807) is 7.11 Å². The standard InChI is InChI=1S/C17H16O2/c1-4-11-10(2)17(18)14-8-9-15(19-3)13-7-5-6-12(11)16(13)14/h5-9H,4H2,1-3H3. The summed E-state index contributed by atoms with van der Waals surface area (Å²) in [5, 5.41) is 2.05. The normalized spacial score (nSPS) is 14.2. The van der Waals surface area contributed by atoms with Crippen molar-refractivity contribution in [2.45, 2.75) is 20.3 Å². The van der Waals surface area contributed by atoms with Crippen molar-refractivity contribution in [1.29, 1.82) is 0 Å². The summed E-state index contributed by atoms with van der Waals surface area (Å²) in [4.78, 5) is 12.5. The molecule has 0 fully saturated rings. The Kier molecular flexibility index (Phi) is 2.67. The molecule has 0 atom stereocenters. The number of Topliss-reactive ketones (excluding diaryl/α,β-unsaturated/α-hetero) is 1. The first-order valence-corrected chi connectivity index (χ1v) is 6.53. The molecule has 0 saturated carbocycles. The maximum absolute atomic E-state index is 12.5. The number of hydrogen-bond donors (Lipinski definition) is 0. The van der Waals surface area contributed by atoms with E-state index in [0.29, 0.717) is 0 Å². The molecule has 1 aliphatic rings. The average molecular weight is 252 g/mol. The number of carbonyl (C=O) groups excluding carboxylic acids is 1. The third-order valence-corrected chi connectivity index (χ3v) is 3.94. The molecule has 3 rings (SSSR count). The van der Waals surface area contributed by atoms with E-state index in [4.69, 9.17) is 4.74 Å². The highest BCUT2D eigenvalue weighted by Crippen LogP contribution is 2.40.